The zero-order valence-corrected chi connectivity index (χ0v) is 27.3. The van der Waals surface area contributed by atoms with Gasteiger partial charge in [0, 0.05) is 5.02 Å². The first-order chi connectivity index (χ1) is 20.7. The standard InChI is InChI=1S/C33H30BrClN2O5S/c1-5-40-26-16-22(15-25(34)30(26)42-18-21-9-13-24(35)14-10-21)17-27-31(38)37-29(23-11-7-19(3)8-12-23)28(32(39)41-6-2)20(4)36-33(37)43-27/h7-17,29H,5-6,18H2,1-4H3/b27-17-/t29-/m1/s1. The second kappa shape index (κ2) is 13.3. The van der Waals surface area contributed by atoms with E-state index in [0.29, 0.717) is 54.8 Å². The van der Waals surface area contributed by atoms with Crippen molar-refractivity contribution in [3.8, 4) is 11.5 Å². The number of carbonyl (C=O) groups is 1. The Hall–Kier alpha value is -3.66. The van der Waals surface area contributed by atoms with Gasteiger partial charge in [-0.1, -0.05) is 64.9 Å². The Morgan fingerprint density at radius 1 is 1.05 bits per heavy atom. The minimum atomic E-state index is -0.660. The van der Waals surface area contributed by atoms with E-state index in [1.807, 2.05) is 74.5 Å². The summed E-state index contributed by atoms with van der Waals surface area (Å²) in [5.41, 5.74) is 4.22. The number of allylic oxidation sites excluding steroid dienone is 1. The molecule has 2 heterocycles. The molecule has 0 aliphatic carbocycles. The lowest BCUT2D eigenvalue weighted by molar-refractivity contribution is -0.139. The van der Waals surface area contributed by atoms with Crippen LogP contribution in [-0.4, -0.2) is 23.8 Å². The van der Waals surface area contributed by atoms with Gasteiger partial charge in [-0.2, -0.15) is 0 Å². The van der Waals surface area contributed by atoms with Crippen molar-refractivity contribution in [2.24, 2.45) is 4.99 Å². The summed E-state index contributed by atoms with van der Waals surface area (Å²) in [6.07, 6.45) is 1.80. The van der Waals surface area contributed by atoms with Crippen LogP contribution >= 0.6 is 38.9 Å². The number of aryl methyl sites for hydroxylation is 1. The molecule has 0 fully saturated rings. The van der Waals surface area contributed by atoms with Crippen LogP contribution in [0.2, 0.25) is 5.02 Å². The van der Waals surface area contributed by atoms with E-state index in [1.54, 1.807) is 24.5 Å². The van der Waals surface area contributed by atoms with Gasteiger partial charge < -0.3 is 14.2 Å². The monoisotopic (exact) mass is 680 g/mol. The highest BCUT2D eigenvalue weighted by molar-refractivity contribution is 9.10. The molecule has 1 aliphatic heterocycles. The zero-order valence-electron chi connectivity index (χ0n) is 24.1. The van der Waals surface area contributed by atoms with Crippen molar-refractivity contribution >= 4 is 50.9 Å². The molecule has 0 saturated heterocycles. The Morgan fingerprint density at radius 3 is 2.44 bits per heavy atom. The van der Waals surface area contributed by atoms with Gasteiger partial charge in [0.25, 0.3) is 5.56 Å². The van der Waals surface area contributed by atoms with Crippen LogP contribution in [0.1, 0.15) is 49.1 Å². The van der Waals surface area contributed by atoms with E-state index >= 15 is 0 Å². The first-order valence-corrected chi connectivity index (χ1v) is 15.8. The van der Waals surface area contributed by atoms with Crippen molar-refractivity contribution in [1.29, 1.82) is 0 Å². The molecule has 43 heavy (non-hydrogen) atoms. The van der Waals surface area contributed by atoms with E-state index in [-0.39, 0.29) is 12.2 Å². The summed E-state index contributed by atoms with van der Waals surface area (Å²) in [4.78, 5) is 32.3. The quantitative estimate of drug-likeness (QED) is 0.189. The molecular weight excluding hydrogens is 652 g/mol. The minimum absolute atomic E-state index is 0.219. The largest absolute Gasteiger partial charge is 0.490 e. The maximum Gasteiger partial charge on any atom is 0.338 e. The third-order valence-corrected chi connectivity index (χ3v) is 8.66. The number of rotatable bonds is 9. The van der Waals surface area contributed by atoms with Gasteiger partial charge in [0.1, 0.15) is 6.61 Å². The highest BCUT2D eigenvalue weighted by Crippen LogP contribution is 2.38. The Labute approximate surface area is 266 Å². The maximum absolute atomic E-state index is 14.0. The van der Waals surface area contributed by atoms with Crippen LogP contribution in [0.25, 0.3) is 6.08 Å². The van der Waals surface area contributed by atoms with E-state index in [4.69, 9.17) is 25.8 Å². The Morgan fingerprint density at radius 2 is 1.77 bits per heavy atom. The van der Waals surface area contributed by atoms with Gasteiger partial charge in [0.2, 0.25) is 0 Å². The van der Waals surface area contributed by atoms with Gasteiger partial charge in [-0.3, -0.25) is 9.36 Å². The molecule has 3 aromatic carbocycles. The van der Waals surface area contributed by atoms with Gasteiger partial charge in [0.05, 0.1) is 39.5 Å². The summed E-state index contributed by atoms with van der Waals surface area (Å²) < 4.78 is 20.2. The summed E-state index contributed by atoms with van der Waals surface area (Å²) in [7, 11) is 0. The molecule has 0 saturated carbocycles. The van der Waals surface area contributed by atoms with Gasteiger partial charge in [0.15, 0.2) is 16.3 Å². The molecule has 7 nitrogen and oxygen atoms in total. The first kappa shape index (κ1) is 30.8. The van der Waals surface area contributed by atoms with Crippen LogP contribution in [0.3, 0.4) is 0 Å². The fourth-order valence-electron chi connectivity index (χ4n) is 4.82. The smallest absolute Gasteiger partial charge is 0.338 e. The van der Waals surface area contributed by atoms with Gasteiger partial charge in [-0.05, 0) is 90.7 Å². The van der Waals surface area contributed by atoms with Gasteiger partial charge in [-0.25, -0.2) is 9.79 Å². The molecule has 0 unspecified atom stereocenters. The number of benzene rings is 3. The van der Waals surface area contributed by atoms with Crippen LogP contribution < -0.4 is 24.4 Å². The molecule has 1 aromatic heterocycles. The average molecular weight is 682 g/mol. The highest BCUT2D eigenvalue weighted by atomic mass is 79.9. The molecule has 0 N–H and O–H groups in total. The number of carbonyl (C=O) groups excluding carboxylic acids is 1. The second-order valence-corrected chi connectivity index (χ2v) is 12.2. The van der Waals surface area contributed by atoms with Gasteiger partial charge >= 0.3 is 5.97 Å². The molecule has 0 amide bonds. The minimum Gasteiger partial charge on any atom is -0.490 e. The van der Waals surface area contributed by atoms with Crippen LogP contribution in [-0.2, 0) is 16.1 Å². The molecule has 0 bridgehead atoms. The fourth-order valence-corrected chi connectivity index (χ4v) is 6.56. The summed E-state index contributed by atoms with van der Waals surface area (Å²) in [6.45, 7) is 8.40. The third kappa shape index (κ3) is 6.64. The van der Waals surface area contributed by atoms with E-state index in [1.165, 1.54) is 11.3 Å². The van der Waals surface area contributed by atoms with E-state index in [9.17, 15) is 9.59 Å². The average Bonchev–Trinajstić information content (AvgIpc) is 3.27. The van der Waals surface area contributed by atoms with Crippen molar-refractivity contribution in [1.82, 2.24) is 4.57 Å². The summed E-state index contributed by atoms with van der Waals surface area (Å²) in [6, 6.07) is 18.3. The SMILES string of the molecule is CCOC(=O)C1=C(C)N=c2s/c(=C\c3cc(Br)c(OCc4ccc(Cl)cc4)c(OCC)c3)c(=O)n2[C@@H]1c1ccc(C)cc1. The number of thiazole rings is 1. The second-order valence-electron chi connectivity index (χ2n) is 9.89. The van der Waals surface area contributed by atoms with Crippen LogP contribution in [0.4, 0.5) is 0 Å². The number of ether oxygens (including phenoxy) is 3. The molecular formula is C33H30BrClN2O5S. The molecule has 1 atom stereocenters. The topological polar surface area (TPSA) is 79.1 Å². The van der Waals surface area contributed by atoms with E-state index in [2.05, 4.69) is 20.9 Å². The predicted octanol–water partition coefficient (Wildman–Crippen LogP) is 6.50. The van der Waals surface area contributed by atoms with Crippen LogP contribution in [0.5, 0.6) is 11.5 Å². The normalized spacial score (nSPS) is 14.7. The van der Waals surface area contributed by atoms with Gasteiger partial charge in [-0.15, -0.1) is 0 Å². The lowest BCUT2D eigenvalue weighted by Gasteiger charge is -2.24. The van der Waals surface area contributed by atoms with Crippen molar-refractivity contribution in [3.63, 3.8) is 0 Å². The van der Waals surface area contributed by atoms with Crippen LogP contribution in [0.15, 0.2) is 86.2 Å². The van der Waals surface area contributed by atoms with Crippen molar-refractivity contribution in [2.75, 3.05) is 13.2 Å². The Bertz CT molecular complexity index is 1880. The number of esters is 1. The summed E-state index contributed by atoms with van der Waals surface area (Å²) >= 11 is 10.9. The molecule has 4 aromatic rings. The van der Waals surface area contributed by atoms with E-state index < -0.39 is 12.0 Å². The van der Waals surface area contributed by atoms with Crippen LogP contribution in [0, 0.1) is 6.92 Å². The zero-order chi connectivity index (χ0) is 30.7. The number of aromatic nitrogens is 1. The molecule has 0 radical (unpaired) electrons. The number of hydrogen-bond donors (Lipinski definition) is 0. The lowest BCUT2D eigenvalue weighted by atomic mass is 9.95. The fraction of sp³-hybridized carbons (Fsp3) is 0.242. The molecule has 10 heteroatoms. The Balaban J connectivity index is 1.58. The van der Waals surface area contributed by atoms with Crippen molar-refractivity contribution in [3.05, 3.63) is 123 Å². The summed E-state index contributed by atoms with van der Waals surface area (Å²) in [5, 5.41) is 0.659. The molecule has 0 spiro atoms. The lowest BCUT2D eigenvalue weighted by Crippen LogP contribution is -2.39. The molecule has 222 valence electrons. The summed E-state index contributed by atoms with van der Waals surface area (Å²) in [5.74, 6) is 0.621. The molecule has 5 rings (SSSR count). The number of hydrogen-bond acceptors (Lipinski definition) is 7. The van der Waals surface area contributed by atoms with Crippen molar-refractivity contribution < 1.29 is 19.0 Å². The highest BCUT2D eigenvalue weighted by Gasteiger charge is 2.33. The van der Waals surface area contributed by atoms with Crippen molar-refractivity contribution in [2.45, 2.75) is 40.3 Å². The molecule has 1 aliphatic rings. The Kier molecular flexibility index (Phi) is 9.54. The number of fused-ring (bicyclic) bond motifs is 1. The number of nitrogens with zero attached hydrogens (tertiary/aromatic N) is 2. The third-order valence-electron chi connectivity index (χ3n) is 6.84. The first-order valence-electron chi connectivity index (χ1n) is 13.8. The predicted molar refractivity (Wildman–Crippen MR) is 173 cm³/mol. The maximum atomic E-state index is 14.0. The number of halogens is 2. The van der Waals surface area contributed by atoms with E-state index in [0.717, 1.165) is 22.3 Å².